The minimum Gasteiger partial charge on any atom is -0.444 e. The highest BCUT2D eigenvalue weighted by molar-refractivity contribution is 5.72. The largest absolute Gasteiger partial charge is 0.444 e. The molecule has 0 radical (unpaired) electrons. The Labute approximate surface area is 125 Å². The van der Waals surface area contributed by atoms with E-state index in [0.717, 1.165) is 12.8 Å². The molecule has 0 aromatic rings. The van der Waals surface area contributed by atoms with E-state index in [1.165, 1.54) is 0 Å². The maximum atomic E-state index is 12.2. The lowest BCUT2D eigenvalue weighted by atomic mass is 9.93. The zero-order valence-electron chi connectivity index (χ0n) is 13.1. The van der Waals surface area contributed by atoms with E-state index >= 15 is 0 Å². The Bertz CT molecular complexity index is 421. The van der Waals surface area contributed by atoms with Gasteiger partial charge in [0.2, 0.25) is 0 Å². The highest BCUT2D eigenvalue weighted by Crippen LogP contribution is 2.32. The van der Waals surface area contributed by atoms with Gasteiger partial charge >= 0.3 is 12.2 Å². The van der Waals surface area contributed by atoms with Crippen LogP contribution in [0, 0.1) is 0 Å². The van der Waals surface area contributed by atoms with Crippen molar-refractivity contribution in [2.75, 3.05) is 32.7 Å². The number of rotatable bonds is 2. The van der Waals surface area contributed by atoms with Crippen LogP contribution in [0.15, 0.2) is 0 Å². The lowest BCUT2D eigenvalue weighted by Crippen LogP contribution is -2.53. The molecule has 2 aliphatic heterocycles. The van der Waals surface area contributed by atoms with Crippen molar-refractivity contribution in [1.29, 1.82) is 0 Å². The Morgan fingerprint density at radius 2 is 2.14 bits per heavy atom. The molecule has 0 bridgehead atoms. The van der Waals surface area contributed by atoms with Crippen molar-refractivity contribution >= 4 is 12.2 Å². The normalized spacial score (nSPS) is 26.2. The maximum Gasteiger partial charge on any atom is 0.410 e. The molecule has 1 unspecified atom stereocenters. The summed E-state index contributed by atoms with van der Waals surface area (Å²) < 4.78 is 10.9. The lowest BCUT2D eigenvalue weighted by molar-refractivity contribution is -0.0278. The zero-order valence-corrected chi connectivity index (χ0v) is 13.1. The van der Waals surface area contributed by atoms with Crippen molar-refractivity contribution in [3.8, 4) is 0 Å². The van der Waals surface area contributed by atoms with Gasteiger partial charge in [0.25, 0.3) is 0 Å². The van der Waals surface area contributed by atoms with Crippen LogP contribution < -0.4 is 5.73 Å². The molecule has 7 heteroatoms. The van der Waals surface area contributed by atoms with Gasteiger partial charge in [-0.05, 0) is 33.6 Å². The molecular formula is C14H25N3O4. The molecule has 2 heterocycles. The molecule has 0 aliphatic carbocycles. The van der Waals surface area contributed by atoms with Gasteiger partial charge in [0.1, 0.15) is 11.2 Å². The topological polar surface area (TPSA) is 85.1 Å². The summed E-state index contributed by atoms with van der Waals surface area (Å²) in [6.45, 7) is 7.89. The molecule has 2 amide bonds. The van der Waals surface area contributed by atoms with Gasteiger partial charge < -0.3 is 25.0 Å². The Balaban J connectivity index is 2.01. The lowest BCUT2D eigenvalue weighted by Gasteiger charge is -2.38. The van der Waals surface area contributed by atoms with Gasteiger partial charge in [-0.15, -0.1) is 0 Å². The van der Waals surface area contributed by atoms with E-state index in [-0.39, 0.29) is 12.2 Å². The molecule has 2 saturated heterocycles. The van der Waals surface area contributed by atoms with Crippen molar-refractivity contribution in [1.82, 2.24) is 9.80 Å². The number of nitrogens with two attached hydrogens (primary N) is 1. The van der Waals surface area contributed by atoms with E-state index in [1.54, 1.807) is 9.80 Å². The first-order valence-electron chi connectivity index (χ1n) is 7.41. The van der Waals surface area contributed by atoms with Crippen molar-refractivity contribution in [2.24, 2.45) is 5.73 Å². The SMILES string of the molecule is CC(C)(C)OC(=O)N1CCCC2(C1)CN(CCN)C(=O)O2. The maximum absolute atomic E-state index is 12.2. The second-order valence-electron chi connectivity index (χ2n) is 6.77. The first-order chi connectivity index (χ1) is 9.75. The second kappa shape index (κ2) is 5.71. The van der Waals surface area contributed by atoms with Crippen LogP contribution in [-0.2, 0) is 9.47 Å². The van der Waals surface area contributed by atoms with Crippen LogP contribution in [0.2, 0.25) is 0 Å². The predicted octanol–water partition coefficient (Wildman–Crippen LogP) is 1.17. The van der Waals surface area contributed by atoms with Crippen molar-refractivity contribution in [3.05, 3.63) is 0 Å². The third-order valence-corrected chi connectivity index (χ3v) is 3.63. The van der Waals surface area contributed by atoms with E-state index < -0.39 is 11.2 Å². The van der Waals surface area contributed by atoms with E-state index in [2.05, 4.69) is 0 Å². The van der Waals surface area contributed by atoms with Gasteiger partial charge in [0.05, 0.1) is 13.1 Å². The predicted molar refractivity (Wildman–Crippen MR) is 76.9 cm³/mol. The van der Waals surface area contributed by atoms with Gasteiger partial charge in [-0.3, -0.25) is 0 Å². The molecule has 0 aromatic carbocycles. The minimum absolute atomic E-state index is 0.341. The highest BCUT2D eigenvalue weighted by Gasteiger charge is 2.48. The molecule has 0 saturated carbocycles. The van der Waals surface area contributed by atoms with Crippen LogP contribution in [0.1, 0.15) is 33.6 Å². The number of likely N-dealkylation sites (tertiary alicyclic amines) is 1. The second-order valence-corrected chi connectivity index (χ2v) is 6.77. The summed E-state index contributed by atoms with van der Waals surface area (Å²) in [6, 6.07) is 0. The summed E-state index contributed by atoms with van der Waals surface area (Å²) in [5.41, 5.74) is 4.36. The van der Waals surface area contributed by atoms with Crippen LogP contribution in [0.25, 0.3) is 0 Å². The standard InChI is InChI=1S/C14H25N3O4/c1-13(2,3)20-11(18)16-7-4-5-14(9-16)10-17(8-6-15)12(19)21-14/h4-10,15H2,1-3H3. The van der Waals surface area contributed by atoms with Gasteiger partial charge in [-0.1, -0.05) is 0 Å². The number of carbonyl (C=O) groups excluding carboxylic acids is 2. The number of carbonyl (C=O) groups is 2. The van der Waals surface area contributed by atoms with Crippen molar-refractivity contribution in [3.63, 3.8) is 0 Å². The number of hydrogen-bond acceptors (Lipinski definition) is 5. The van der Waals surface area contributed by atoms with Gasteiger partial charge in [-0.25, -0.2) is 9.59 Å². The van der Waals surface area contributed by atoms with E-state index in [1.807, 2.05) is 20.8 Å². The first-order valence-corrected chi connectivity index (χ1v) is 7.41. The Kier molecular flexibility index (Phi) is 4.32. The molecule has 2 N–H and O–H groups in total. The fourth-order valence-electron chi connectivity index (χ4n) is 2.81. The van der Waals surface area contributed by atoms with E-state index in [9.17, 15) is 9.59 Å². The molecule has 2 aliphatic rings. The number of ether oxygens (including phenoxy) is 2. The van der Waals surface area contributed by atoms with Crippen molar-refractivity contribution < 1.29 is 19.1 Å². The molecule has 2 rings (SSSR count). The smallest absolute Gasteiger partial charge is 0.410 e. The van der Waals surface area contributed by atoms with Crippen LogP contribution in [0.4, 0.5) is 9.59 Å². The van der Waals surface area contributed by atoms with Crippen LogP contribution in [-0.4, -0.2) is 65.9 Å². The van der Waals surface area contributed by atoms with E-state index in [4.69, 9.17) is 15.2 Å². The Morgan fingerprint density at radius 1 is 1.43 bits per heavy atom. The first kappa shape index (κ1) is 15.9. The molecule has 0 aromatic heterocycles. The molecule has 120 valence electrons. The van der Waals surface area contributed by atoms with Crippen LogP contribution in [0.5, 0.6) is 0 Å². The molecular weight excluding hydrogens is 274 g/mol. The van der Waals surface area contributed by atoms with E-state index in [0.29, 0.717) is 32.7 Å². The average Bonchev–Trinajstić information content (AvgIpc) is 2.64. The monoisotopic (exact) mass is 299 g/mol. The Morgan fingerprint density at radius 3 is 2.76 bits per heavy atom. The summed E-state index contributed by atoms with van der Waals surface area (Å²) in [5, 5.41) is 0. The molecule has 1 spiro atoms. The summed E-state index contributed by atoms with van der Waals surface area (Å²) in [4.78, 5) is 27.3. The number of amides is 2. The molecule has 7 nitrogen and oxygen atoms in total. The summed E-state index contributed by atoms with van der Waals surface area (Å²) in [6.07, 6.45) is 0.864. The highest BCUT2D eigenvalue weighted by atomic mass is 16.6. The van der Waals surface area contributed by atoms with Gasteiger partial charge in [0.15, 0.2) is 0 Å². The molecule has 1 atom stereocenters. The van der Waals surface area contributed by atoms with Crippen LogP contribution >= 0.6 is 0 Å². The fourth-order valence-corrected chi connectivity index (χ4v) is 2.81. The molecule has 2 fully saturated rings. The summed E-state index contributed by atoms with van der Waals surface area (Å²) in [5.74, 6) is 0. The third-order valence-electron chi connectivity index (χ3n) is 3.63. The summed E-state index contributed by atoms with van der Waals surface area (Å²) >= 11 is 0. The fraction of sp³-hybridized carbons (Fsp3) is 0.857. The average molecular weight is 299 g/mol. The number of piperidine rings is 1. The van der Waals surface area contributed by atoms with Gasteiger partial charge in [0, 0.05) is 19.6 Å². The van der Waals surface area contributed by atoms with Gasteiger partial charge in [-0.2, -0.15) is 0 Å². The zero-order chi connectivity index (χ0) is 15.7. The number of hydrogen-bond donors (Lipinski definition) is 1. The van der Waals surface area contributed by atoms with Crippen LogP contribution in [0.3, 0.4) is 0 Å². The quantitative estimate of drug-likeness (QED) is 0.827. The minimum atomic E-state index is -0.610. The molecule has 21 heavy (non-hydrogen) atoms. The summed E-state index contributed by atoms with van der Waals surface area (Å²) in [7, 11) is 0. The Hall–Kier alpha value is -1.50. The van der Waals surface area contributed by atoms with Crippen molar-refractivity contribution in [2.45, 2.75) is 44.8 Å². The third kappa shape index (κ3) is 3.78. The number of nitrogens with zero attached hydrogens (tertiary/aromatic N) is 2.